The van der Waals surface area contributed by atoms with Crippen molar-refractivity contribution in [2.45, 2.75) is 26.4 Å². The molecule has 130 valence electrons. The van der Waals surface area contributed by atoms with Crippen LogP contribution in [0, 0.1) is 0 Å². The first-order chi connectivity index (χ1) is 12.1. The van der Waals surface area contributed by atoms with E-state index in [4.69, 9.17) is 4.42 Å². The minimum absolute atomic E-state index is 0.0496. The maximum absolute atomic E-state index is 12.0. The van der Waals surface area contributed by atoms with Crippen molar-refractivity contribution in [2.75, 3.05) is 0 Å². The SMILES string of the molecule is CC(=O)NCc1ccc(-c2csc(CC(=O)NCc3ccco3)n2)s1. The third kappa shape index (κ3) is 5.01. The van der Waals surface area contributed by atoms with Gasteiger partial charge in [-0.15, -0.1) is 22.7 Å². The Morgan fingerprint density at radius 1 is 1.20 bits per heavy atom. The lowest BCUT2D eigenvalue weighted by molar-refractivity contribution is -0.121. The fourth-order valence-corrected chi connectivity index (χ4v) is 3.90. The van der Waals surface area contributed by atoms with Crippen molar-refractivity contribution in [3.63, 3.8) is 0 Å². The summed E-state index contributed by atoms with van der Waals surface area (Å²) in [5, 5.41) is 8.30. The van der Waals surface area contributed by atoms with Crippen LogP contribution < -0.4 is 10.6 Å². The van der Waals surface area contributed by atoms with Gasteiger partial charge < -0.3 is 15.1 Å². The normalized spacial score (nSPS) is 10.6. The van der Waals surface area contributed by atoms with Gasteiger partial charge in [0.05, 0.1) is 36.3 Å². The van der Waals surface area contributed by atoms with Crippen LogP contribution in [-0.4, -0.2) is 16.8 Å². The van der Waals surface area contributed by atoms with Gasteiger partial charge in [-0.3, -0.25) is 9.59 Å². The summed E-state index contributed by atoms with van der Waals surface area (Å²) in [4.78, 5) is 29.6. The second-order valence-electron chi connectivity index (χ2n) is 5.34. The number of furan rings is 1. The molecule has 0 spiro atoms. The van der Waals surface area contributed by atoms with Gasteiger partial charge in [0.2, 0.25) is 11.8 Å². The van der Waals surface area contributed by atoms with Crippen molar-refractivity contribution >= 4 is 34.5 Å². The predicted octanol–water partition coefficient (Wildman–Crippen LogP) is 2.96. The summed E-state index contributed by atoms with van der Waals surface area (Å²) in [5.41, 5.74) is 0.859. The van der Waals surface area contributed by atoms with Gasteiger partial charge in [-0.05, 0) is 24.3 Å². The number of aromatic nitrogens is 1. The molecule has 2 amide bonds. The molecule has 0 saturated heterocycles. The summed E-state index contributed by atoms with van der Waals surface area (Å²) in [7, 11) is 0. The van der Waals surface area contributed by atoms with E-state index in [-0.39, 0.29) is 18.2 Å². The Bertz CT molecular complexity index is 852. The van der Waals surface area contributed by atoms with Crippen LogP contribution >= 0.6 is 22.7 Å². The Balaban J connectivity index is 1.55. The number of thiazole rings is 1. The van der Waals surface area contributed by atoms with Gasteiger partial charge in [0.25, 0.3) is 0 Å². The lowest BCUT2D eigenvalue weighted by Gasteiger charge is -2.00. The summed E-state index contributed by atoms with van der Waals surface area (Å²) in [6.45, 7) is 2.39. The lowest BCUT2D eigenvalue weighted by Crippen LogP contribution is -2.24. The smallest absolute Gasteiger partial charge is 0.227 e. The molecule has 3 aromatic rings. The number of nitrogens with zero attached hydrogens (tertiary/aromatic N) is 1. The van der Waals surface area contributed by atoms with Crippen molar-refractivity contribution in [3.05, 3.63) is 51.6 Å². The van der Waals surface area contributed by atoms with E-state index >= 15 is 0 Å². The molecule has 3 heterocycles. The molecule has 0 atom stereocenters. The lowest BCUT2D eigenvalue weighted by atomic mass is 10.3. The summed E-state index contributed by atoms with van der Waals surface area (Å²) < 4.78 is 5.18. The molecule has 0 aliphatic heterocycles. The molecule has 0 bridgehead atoms. The Labute approximate surface area is 152 Å². The highest BCUT2D eigenvalue weighted by atomic mass is 32.1. The van der Waals surface area contributed by atoms with Gasteiger partial charge >= 0.3 is 0 Å². The molecule has 0 aromatic carbocycles. The zero-order valence-corrected chi connectivity index (χ0v) is 15.2. The maximum atomic E-state index is 12.0. The second-order valence-corrected chi connectivity index (χ2v) is 7.45. The standard InChI is InChI=1S/C17H17N3O3S2/c1-11(21)18-9-13-4-5-15(25-13)14-10-24-17(20-14)7-16(22)19-8-12-3-2-6-23-12/h2-6,10H,7-9H2,1H3,(H,18,21)(H,19,22). The topological polar surface area (TPSA) is 84.2 Å². The molecule has 0 unspecified atom stereocenters. The minimum atomic E-state index is -0.0881. The summed E-state index contributed by atoms with van der Waals surface area (Å²) in [6, 6.07) is 7.57. The molecule has 3 rings (SSSR count). The van der Waals surface area contributed by atoms with Crippen LogP contribution in [0.3, 0.4) is 0 Å². The Kier molecular flexibility index (Phi) is 5.62. The molecule has 6 nitrogen and oxygen atoms in total. The fraction of sp³-hybridized carbons (Fsp3) is 0.235. The van der Waals surface area contributed by atoms with Gasteiger partial charge in [0.1, 0.15) is 10.8 Å². The number of carbonyl (C=O) groups excluding carboxylic acids is 2. The molecular weight excluding hydrogens is 358 g/mol. The molecule has 0 fully saturated rings. The molecule has 2 N–H and O–H groups in total. The van der Waals surface area contributed by atoms with E-state index in [1.807, 2.05) is 23.6 Å². The summed E-state index contributed by atoms with van der Waals surface area (Å²) in [5.74, 6) is 0.583. The summed E-state index contributed by atoms with van der Waals surface area (Å²) >= 11 is 3.05. The number of rotatable bonds is 7. The molecule has 8 heteroatoms. The number of amides is 2. The number of hydrogen-bond donors (Lipinski definition) is 2. The van der Waals surface area contributed by atoms with Crippen LogP contribution in [0.5, 0.6) is 0 Å². The van der Waals surface area contributed by atoms with Crippen molar-refractivity contribution in [2.24, 2.45) is 0 Å². The molecule has 0 aliphatic rings. The molecule has 0 saturated carbocycles. The Hall–Kier alpha value is -2.45. The van der Waals surface area contributed by atoms with Crippen molar-refractivity contribution in [1.29, 1.82) is 0 Å². The van der Waals surface area contributed by atoms with Crippen LogP contribution in [0.25, 0.3) is 10.6 Å². The average Bonchev–Trinajstić information content (AvgIpc) is 3.32. The molecular formula is C17H17N3O3S2. The van der Waals surface area contributed by atoms with E-state index in [0.29, 0.717) is 13.1 Å². The van der Waals surface area contributed by atoms with Gasteiger partial charge in [-0.1, -0.05) is 0 Å². The van der Waals surface area contributed by atoms with E-state index in [1.165, 1.54) is 18.3 Å². The number of carbonyl (C=O) groups is 2. The predicted molar refractivity (Wildman–Crippen MR) is 97.2 cm³/mol. The van der Waals surface area contributed by atoms with Crippen LogP contribution in [0.4, 0.5) is 0 Å². The second kappa shape index (κ2) is 8.09. The van der Waals surface area contributed by atoms with Crippen LogP contribution in [0.1, 0.15) is 22.6 Å². The van der Waals surface area contributed by atoms with E-state index < -0.39 is 0 Å². The molecule has 0 radical (unpaired) electrons. The quantitative estimate of drug-likeness (QED) is 0.665. The third-order valence-electron chi connectivity index (χ3n) is 3.33. The third-order valence-corrected chi connectivity index (χ3v) is 5.29. The fourth-order valence-electron chi connectivity index (χ4n) is 2.13. The zero-order chi connectivity index (χ0) is 17.6. The zero-order valence-electron chi connectivity index (χ0n) is 13.6. The first-order valence-corrected chi connectivity index (χ1v) is 9.37. The Morgan fingerprint density at radius 2 is 2.08 bits per heavy atom. The van der Waals surface area contributed by atoms with Crippen molar-refractivity contribution < 1.29 is 14.0 Å². The van der Waals surface area contributed by atoms with Crippen LogP contribution in [0.2, 0.25) is 0 Å². The van der Waals surface area contributed by atoms with Gasteiger partial charge in [0.15, 0.2) is 0 Å². The molecule has 0 aliphatic carbocycles. The number of hydrogen-bond acceptors (Lipinski definition) is 6. The molecule has 25 heavy (non-hydrogen) atoms. The van der Waals surface area contributed by atoms with E-state index in [2.05, 4.69) is 15.6 Å². The van der Waals surface area contributed by atoms with Gasteiger partial charge in [-0.25, -0.2) is 4.98 Å². The van der Waals surface area contributed by atoms with Gasteiger partial charge in [0, 0.05) is 17.2 Å². The highest BCUT2D eigenvalue weighted by Gasteiger charge is 2.11. The van der Waals surface area contributed by atoms with Gasteiger partial charge in [-0.2, -0.15) is 0 Å². The number of nitrogens with one attached hydrogen (secondary N) is 2. The van der Waals surface area contributed by atoms with E-state index in [0.717, 1.165) is 26.2 Å². The summed E-state index contributed by atoms with van der Waals surface area (Å²) in [6.07, 6.45) is 1.82. The van der Waals surface area contributed by atoms with E-state index in [9.17, 15) is 9.59 Å². The highest BCUT2D eigenvalue weighted by Crippen LogP contribution is 2.29. The van der Waals surface area contributed by atoms with Crippen LogP contribution in [0.15, 0.2) is 40.3 Å². The number of thiophene rings is 1. The average molecular weight is 375 g/mol. The Morgan fingerprint density at radius 3 is 2.84 bits per heavy atom. The maximum Gasteiger partial charge on any atom is 0.227 e. The monoisotopic (exact) mass is 375 g/mol. The van der Waals surface area contributed by atoms with E-state index in [1.54, 1.807) is 23.7 Å². The van der Waals surface area contributed by atoms with Crippen LogP contribution in [-0.2, 0) is 29.1 Å². The first kappa shape index (κ1) is 17.4. The first-order valence-electron chi connectivity index (χ1n) is 7.67. The van der Waals surface area contributed by atoms with Crippen molar-refractivity contribution in [3.8, 4) is 10.6 Å². The highest BCUT2D eigenvalue weighted by molar-refractivity contribution is 7.16. The largest absolute Gasteiger partial charge is 0.467 e. The molecule has 3 aromatic heterocycles. The van der Waals surface area contributed by atoms with Crippen molar-refractivity contribution in [1.82, 2.24) is 15.6 Å². The minimum Gasteiger partial charge on any atom is -0.467 e.